The number of carboxylic acid groups (broad SMARTS) is 1. The minimum atomic E-state index is -1.01. The molecular formula is C20H20O6. The van der Waals surface area contributed by atoms with Crippen LogP contribution in [0.3, 0.4) is 0 Å². The maximum absolute atomic E-state index is 11.8. The fourth-order valence-electron chi connectivity index (χ4n) is 3.22. The van der Waals surface area contributed by atoms with Gasteiger partial charge in [-0.3, -0.25) is 0 Å². The molecule has 0 saturated heterocycles. The van der Waals surface area contributed by atoms with Gasteiger partial charge < -0.3 is 24.1 Å². The fraction of sp³-hybridized carbons (Fsp3) is 0.250. The van der Waals surface area contributed by atoms with E-state index in [1.165, 1.54) is 0 Å². The molecule has 3 aromatic rings. The molecule has 136 valence electrons. The first kappa shape index (κ1) is 17.7. The molecule has 1 N–H and O–H groups in total. The molecule has 6 nitrogen and oxygen atoms in total. The van der Waals surface area contributed by atoms with Gasteiger partial charge in [0.2, 0.25) is 0 Å². The number of ether oxygens (including phenoxy) is 4. The zero-order valence-electron chi connectivity index (χ0n) is 15.1. The van der Waals surface area contributed by atoms with Gasteiger partial charge in [0, 0.05) is 16.2 Å². The Labute approximate surface area is 150 Å². The van der Waals surface area contributed by atoms with E-state index < -0.39 is 5.97 Å². The summed E-state index contributed by atoms with van der Waals surface area (Å²) in [4.78, 5) is 11.8. The minimum Gasteiger partial charge on any atom is -0.493 e. The van der Waals surface area contributed by atoms with Crippen molar-refractivity contribution in [3.05, 3.63) is 35.9 Å². The number of fused-ring (bicyclic) bond motifs is 3. The van der Waals surface area contributed by atoms with Crippen LogP contribution in [-0.2, 0) is 0 Å². The van der Waals surface area contributed by atoms with Gasteiger partial charge in [-0.1, -0.05) is 6.07 Å². The second-order valence-corrected chi connectivity index (χ2v) is 5.58. The molecule has 0 aromatic heterocycles. The highest BCUT2D eigenvalue weighted by atomic mass is 16.5. The molecular weight excluding hydrogens is 336 g/mol. The molecule has 0 atom stereocenters. The van der Waals surface area contributed by atoms with Gasteiger partial charge >= 0.3 is 5.97 Å². The first-order chi connectivity index (χ1) is 12.6. The van der Waals surface area contributed by atoms with E-state index in [2.05, 4.69) is 0 Å². The van der Waals surface area contributed by atoms with E-state index in [9.17, 15) is 9.90 Å². The molecule has 0 aliphatic carbocycles. The molecule has 0 aliphatic heterocycles. The molecule has 3 rings (SSSR count). The van der Waals surface area contributed by atoms with Crippen molar-refractivity contribution in [3.8, 4) is 23.0 Å². The Bertz CT molecular complexity index is 993. The van der Waals surface area contributed by atoms with E-state index in [-0.39, 0.29) is 5.56 Å². The number of carboxylic acids is 1. The van der Waals surface area contributed by atoms with Gasteiger partial charge in [0.15, 0.2) is 23.0 Å². The summed E-state index contributed by atoms with van der Waals surface area (Å²) in [7, 11) is 4.65. The molecule has 26 heavy (non-hydrogen) atoms. The van der Waals surface area contributed by atoms with Crippen LogP contribution in [0.2, 0.25) is 0 Å². The van der Waals surface area contributed by atoms with Gasteiger partial charge in [-0.2, -0.15) is 0 Å². The summed E-state index contributed by atoms with van der Waals surface area (Å²) < 4.78 is 22.3. The van der Waals surface area contributed by atoms with Crippen LogP contribution in [0.4, 0.5) is 0 Å². The van der Waals surface area contributed by atoms with Gasteiger partial charge in [0.25, 0.3) is 0 Å². The lowest BCUT2D eigenvalue weighted by molar-refractivity contribution is 0.0699. The second-order valence-electron chi connectivity index (χ2n) is 5.58. The molecule has 0 bridgehead atoms. The zero-order chi connectivity index (χ0) is 18.8. The molecule has 0 amide bonds. The highest BCUT2D eigenvalue weighted by Gasteiger charge is 2.22. The third kappa shape index (κ3) is 2.63. The highest BCUT2D eigenvalue weighted by Crippen LogP contribution is 2.47. The Morgan fingerprint density at radius 3 is 2.15 bits per heavy atom. The van der Waals surface area contributed by atoms with Gasteiger partial charge in [-0.25, -0.2) is 4.79 Å². The first-order valence-electron chi connectivity index (χ1n) is 8.11. The van der Waals surface area contributed by atoms with E-state index in [0.717, 1.165) is 0 Å². The van der Waals surface area contributed by atoms with E-state index in [1.807, 2.05) is 6.92 Å². The summed E-state index contributed by atoms with van der Waals surface area (Å²) in [6, 6.07) is 8.61. The molecule has 0 saturated carbocycles. The number of methoxy groups -OCH3 is 3. The van der Waals surface area contributed by atoms with Crippen molar-refractivity contribution in [2.45, 2.75) is 6.92 Å². The summed E-state index contributed by atoms with van der Waals surface area (Å²) in [5.74, 6) is 1.05. The van der Waals surface area contributed by atoms with E-state index in [4.69, 9.17) is 18.9 Å². The van der Waals surface area contributed by atoms with Crippen LogP contribution in [0.5, 0.6) is 23.0 Å². The topological polar surface area (TPSA) is 74.2 Å². The number of benzene rings is 3. The van der Waals surface area contributed by atoms with Crippen molar-refractivity contribution in [2.75, 3.05) is 27.9 Å². The predicted molar refractivity (Wildman–Crippen MR) is 99.2 cm³/mol. The van der Waals surface area contributed by atoms with Gasteiger partial charge in [-0.15, -0.1) is 0 Å². The lowest BCUT2D eigenvalue weighted by Crippen LogP contribution is -2.02. The summed E-state index contributed by atoms with van der Waals surface area (Å²) in [6.45, 7) is 2.26. The largest absolute Gasteiger partial charge is 0.493 e. The molecule has 0 radical (unpaired) electrons. The van der Waals surface area contributed by atoms with E-state index in [0.29, 0.717) is 51.1 Å². The van der Waals surface area contributed by atoms with Crippen molar-refractivity contribution in [3.63, 3.8) is 0 Å². The molecule has 3 aromatic carbocycles. The predicted octanol–water partition coefficient (Wildman–Crippen LogP) is 4.12. The third-order valence-electron chi connectivity index (χ3n) is 4.28. The van der Waals surface area contributed by atoms with Gasteiger partial charge in [0.05, 0.1) is 33.5 Å². The van der Waals surface area contributed by atoms with E-state index >= 15 is 0 Å². The summed E-state index contributed by atoms with van der Waals surface area (Å²) in [5, 5.41) is 12.3. The fourth-order valence-corrected chi connectivity index (χ4v) is 3.22. The molecule has 0 unspecified atom stereocenters. The smallest absolute Gasteiger partial charge is 0.336 e. The average Bonchev–Trinajstić information content (AvgIpc) is 2.66. The van der Waals surface area contributed by atoms with Crippen molar-refractivity contribution < 1.29 is 28.8 Å². The lowest BCUT2D eigenvalue weighted by atomic mass is 9.95. The standard InChI is InChI=1S/C20H20O6/c1-5-26-19-15(24-3)9-7-12-13(20(21)22)10-11-6-8-14(23-2)18(25-4)16(11)17(12)19/h6-10H,5H2,1-4H3,(H,21,22). The van der Waals surface area contributed by atoms with Crippen molar-refractivity contribution >= 4 is 27.5 Å². The van der Waals surface area contributed by atoms with Crippen LogP contribution in [0.25, 0.3) is 21.5 Å². The Hall–Kier alpha value is -3.15. The first-order valence-corrected chi connectivity index (χ1v) is 8.11. The molecule has 0 heterocycles. The van der Waals surface area contributed by atoms with Crippen LogP contribution in [0.1, 0.15) is 17.3 Å². The van der Waals surface area contributed by atoms with Gasteiger partial charge in [-0.05, 0) is 36.6 Å². The molecule has 0 aliphatic rings. The third-order valence-corrected chi connectivity index (χ3v) is 4.28. The van der Waals surface area contributed by atoms with Crippen LogP contribution < -0.4 is 18.9 Å². The zero-order valence-corrected chi connectivity index (χ0v) is 15.1. The van der Waals surface area contributed by atoms with Crippen molar-refractivity contribution in [2.24, 2.45) is 0 Å². The van der Waals surface area contributed by atoms with Crippen molar-refractivity contribution in [1.82, 2.24) is 0 Å². The second kappa shape index (κ2) is 7.00. The Morgan fingerprint density at radius 1 is 0.923 bits per heavy atom. The monoisotopic (exact) mass is 356 g/mol. The summed E-state index contributed by atoms with van der Waals surface area (Å²) in [6.07, 6.45) is 0. The Balaban J connectivity index is 2.64. The number of rotatable bonds is 6. The van der Waals surface area contributed by atoms with Crippen LogP contribution in [0.15, 0.2) is 30.3 Å². The van der Waals surface area contributed by atoms with E-state index in [1.54, 1.807) is 51.7 Å². The highest BCUT2D eigenvalue weighted by molar-refractivity contribution is 6.20. The number of hydrogen-bond acceptors (Lipinski definition) is 5. The number of hydrogen-bond donors (Lipinski definition) is 1. The number of aromatic carboxylic acids is 1. The maximum atomic E-state index is 11.8. The quantitative estimate of drug-likeness (QED) is 0.670. The Kier molecular flexibility index (Phi) is 4.75. The molecule has 0 spiro atoms. The Morgan fingerprint density at radius 2 is 1.58 bits per heavy atom. The van der Waals surface area contributed by atoms with Gasteiger partial charge in [0.1, 0.15) is 0 Å². The van der Waals surface area contributed by atoms with Crippen LogP contribution in [-0.4, -0.2) is 39.0 Å². The normalized spacial score (nSPS) is 10.8. The average molecular weight is 356 g/mol. The maximum Gasteiger partial charge on any atom is 0.336 e. The lowest BCUT2D eigenvalue weighted by Gasteiger charge is -2.18. The summed E-state index contributed by atoms with van der Waals surface area (Å²) in [5.41, 5.74) is 0.184. The SMILES string of the molecule is CCOc1c(OC)ccc2c(C(=O)O)cc3ccc(OC)c(OC)c3c12. The summed E-state index contributed by atoms with van der Waals surface area (Å²) >= 11 is 0. The van der Waals surface area contributed by atoms with Crippen LogP contribution in [0, 0.1) is 0 Å². The molecule has 6 heteroatoms. The molecule has 0 fully saturated rings. The van der Waals surface area contributed by atoms with Crippen molar-refractivity contribution in [1.29, 1.82) is 0 Å². The number of carbonyl (C=O) groups is 1. The minimum absolute atomic E-state index is 0.184. The van der Waals surface area contributed by atoms with Crippen LogP contribution >= 0.6 is 0 Å².